The molecule has 1 amide bonds. The van der Waals surface area contributed by atoms with E-state index in [4.69, 9.17) is 0 Å². The molecule has 0 aromatic heterocycles. The Morgan fingerprint density at radius 3 is 2.54 bits per heavy atom. The zero-order chi connectivity index (χ0) is 25.5. The van der Waals surface area contributed by atoms with E-state index in [0.29, 0.717) is 24.0 Å². The van der Waals surface area contributed by atoms with Crippen molar-refractivity contribution < 1.29 is 36.1 Å². The number of rotatable bonds is 7. The first kappa shape index (κ1) is 25.7. The molecule has 1 saturated carbocycles. The van der Waals surface area contributed by atoms with Gasteiger partial charge in [-0.3, -0.25) is 4.79 Å². The maximum atomic E-state index is 15.5. The summed E-state index contributed by atoms with van der Waals surface area (Å²) in [4.78, 5) is 14.2. The van der Waals surface area contributed by atoms with Crippen LogP contribution in [0.1, 0.15) is 30.4 Å². The van der Waals surface area contributed by atoms with E-state index < -0.39 is 52.2 Å². The third-order valence-electron chi connectivity index (χ3n) is 6.48. The lowest BCUT2D eigenvalue weighted by molar-refractivity contribution is -0.142. The number of aliphatic hydroxyl groups excluding tert-OH is 1. The fourth-order valence-corrected chi connectivity index (χ4v) is 5.27. The molecule has 0 bridgehead atoms. The molecule has 2 aromatic rings. The number of nitrogens with one attached hydrogen (secondary N) is 1. The van der Waals surface area contributed by atoms with Crippen LogP contribution in [0.4, 0.5) is 22.0 Å². The zero-order valence-corrected chi connectivity index (χ0v) is 19.6. The Balaban J connectivity index is 1.65. The summed E-state index contributed by atoms with van der Waals surface area (Å²) in [7, 11) is -3.37. The van der Waals surface area contributed by atoms with E-state index in [1.54, 1.807) is 19.1 Å². The van der Waals surface area contributed by atoms with Crippen LogP contribution in [0, 0.1) is 24.5 Å². The molecule has 1 aliphatic heterocycles. The second-order valence-corrected chi connectivity index (χ2v) is 10.3. The fraction of sp³-hybridized carbons (Fsp3) is 0.458. The highest BCUT2D eigenvalue weighted by atomic mass is 32.2. The largest absolute Gasteiger partial charge is 0.485 e. The lowest BCUT2D eigenvalue weighted by atomic mass is 9.95. The lowest BCUT2D eigenvalue weighted by Gasteiger charge is -2.30. The molecule has 11 heteroatoms. The fourth-order valence-electron chi connectivity index (χ4n) is 4.58. The number of amides is 1. The summed E-state index contributed by atoms with van der Waals surface area (Å²) in [6.07, 6.45) is -0.0518. The van der Waals surface area contributed by atoms with Gasteiger partial charge in [0, 0.05) is 18.2 Å². The van der Waals surface area contributed by atoms with E-state index in [1.165, 1.54) is 29.2 Å². The van der Waals surface area contributed by atoms with Crippen LogP contribution in [-0.4, -0.2) is 50.4 Å². The topological polar surface area (TPSA) is 69.6 Å². The standard InChI is InChI=1S/C24H25F5N2O3S/c1-13-9-16(11-17(25)10-13)18-4-2-3-15(21(18)26)12-20-19(30-35(34)24(27,28)29)7-8-31(20)23(33)22(32)14-5-6-14/h2-4,9-11,14,19-20,22,30,32H,5-8,12H2,1H3. The zero-order valence-electron chi connectivity index (χ0n) is 18.8. The van der Waals surface area contributed by atoms with Crippen LogP contribution in [0.5, 0.6) is 0 Å². The van der Waals surface area contributed by atoms with Crippen LogP contribution in [-0.2, 0) is 22.2 Å². The summed E-state index contributed by atoms with van der Waals surface area (Å²) in [5, 5.41) is 10.3. The predicted octanol–water partition coefficient (Wildman–Crippen LogP) is 4.00. The van der Waals surface area contributed by atoms with Crippen molar-refractivity contribution in [2.75, 3.05) is 6.54 Å². The van der Waals surface area contributed by atoms with Gasteiger partial charge in [-0.05, 0) is 67.3 Å². The van der Waals surface area contributed by atoms with Crippen molar-refractivity contribution in [2.24, 2.45) is 5.92 Å². The average molecular weight is 517 g/mol. The molecule has 35 heavy (non-hydrogen) atoms. The van der Waals surface area contributed by atoms with Crippen LogP contribution in [0.25, 0.3) is 11.1 Å². The Morgan fingerprint density at radius 1 is 1.20 bits per heavy atom. The molecule has 2 N–H and O–H groups in total. The highest BCUT2D eigenvalue weighted by Gasteiger charge is 2.46. The van der Waals surface area contributed by atoms with Crippen molar-refractivity contribution >= 4 is 16.9 Å². The Bertz CT molecular complexity index is 1120. The molecular formula is C24H25F5N2O3S. The van der Waals surface area contributed by atoms with Crippen molar-refractivity contribution in [1.29, 1.82) is 0 Å². The SMILES string of the molecule is Cc1cc(F)cc(-c2cccc(CC3C(NS(=O)C(F)(F)F)CCN3C(=O)C(O)C3CC3)c2F)c1. The number of hydrogen-bond donors (Lipinski definition) is 2. The molecule has 2 aliphatic rings. The number of alkyl halides is 3. The summed E-state index contributed by atoms with van der Waals surface area (Å²) in [5.41, 5.74) is -3.89. The number of aryl methyl sites for hydroxylation is 1. The Labute approximate surface area is 201 Å². The van der Waals surface area contributed by atoms with Crippen molar-refractivity contribution in [3.8, 4) is 11.1 Å². The van der Waals surface area contributed by atoms with Gasteiger partial charge in [0.2, 0.25) is 0 Å². The van der Waals surface area contributed by atoms with Gasteiger partial charge in [0.05, 0.1) is 6.04 Å². The van der Waals surface area contributed by atoms with Crippen molar-refractivity contribution in [2.45, 2.75) is 56.3 Å². The first-order chi connectivity index (χ1) is 16.5. The number of aliphatic hydroxyl groups is 1. The number of benzene rings is 2. The molecule has 0 radical (unpaired) electrons. The molecule has 1 heterocycles. The van der Waals surface area contributed by atoms with Crippen LogP contribution in [0.3, 0.4) is 0 Å². The number of nitrogens with zero attached hydrogens (tertiary/aromatic N) is 1. The summed E-state index contributed by atoms with van der Waals surface area (Å²) in [5.74, 6) is -2.05. The smallest absolute Gasteiger partial charge is 0.383 e. The minimum absolute atomic E-state index is 0.0321. The van der Waals surface area contributed by atoms with Gasteiger partial charge in [0.1, 0.15) is 17.7 Å². The minimum atomic E-state index is -5.00. The lowest BCUT2D eigenvalue weighted by Crippen LogP contribution is -2.51. The van der Waals surface area contributed by atoms with Gasteiger partial charge in [-0.15, -0.1) is 0 Å². The number of carbonyl (C=O) groups excluding carboxylic acids is 1. The number of halogens is 5. The Hall–Kier alpha value is -2.37. The van der Waals surface area contributed by atoms with Crippen LogP contribution in [0.2, 0.25) is 0 Å². The molecular weight excluding hydrogens is 491 g/mol. The van der Waals surface area contributed by atoms with Crippen molar-refractivity contribution in [3.63, 3.8) is 0 Å². The maximum absolute atomic E-state index is 15.5. The second-order valence-electron chi connectivity index (χ2n) is 9.11. The van der Waals surface area contributed by atoms with E-state index in [-0.39, 0.29) is 36.4 Å². The molecule has 2 fully saturated rings. The number of likely N-dealkylation sites (tertiary alicyclic amines) is 1. The van der Waals surface area contributed by atoms with E-state index in [9.17, 15) is 31.7 Å². The summed E-state index contributed by atoms with van der Waals surface area (Å²) < 4.78 is 82.1. The molecule has 2 aromatic carbocycles. The Morgan fingerprint density at radius 2 is 1.91 bits per heavy atom. The van der Waals surface area contributed by atoms with Crippen LogP contribution < -0.4 is 4.72 Å². The molecule has 4 rings (SSSR count). The van der Waals surface area contributed by atoms with Gasteiger partial charge in [-0.2, -0.15) is 13.2 Å². The monoisotopic (exact) mass is 516 g/mol. The highest BCUT2D eigenvalue weighted by Crippen LogP contribution is 2.36. The van der Waals surface area contributed by atoms with Gasteiger partial charge in [0.25, 0.3) is 5.91 Å². The van der Waals surface area contributed by atoms with Gasteiger partial charge >= 0.3 is 5.51 Å². The van der Waals surface area contributed by atoms with Crippen LogP contribution >= 0.6 is 0 Å². The molecule has 190 valence electrons. The van der Waals surface area contributed by atoms with Gasteiger partial charge in [0.15, 0.2) is 11.0 Å². The Kier molecular flexibility index (Phi) is 7.31. The molecule has 0 spiro atoms. The summed E-state index contributed by atoms with van der Waals surface area (Å²) in [6.45, 7) is 1.70. The quantitative estimate of drug-likeness (QED) is 0.547. The molecule has 4 unspecified atom stereocenters. The number of hydrogen-bond acceptors (Lipinski definition) is 3. The van der Waals surface area contributed by atoms with E-state index in [0.717, 1.165) is 0 Å². The van der Waals surface area contributed by atoms with E-state index >= 15 is 4.39 Å². The van der Waals surface area contributed by atoms with Gasteiger partial charge in [-0.1, -0.05) is 24.3 Å². The van der Waals surface area contributed by atoms with Crippen molar-refractivity contribution in [1.82, 2.24) is 9.62 Å². The predicted molar refractivity (Wildman–Crippen MR) is 120 cm³/mol. The number of carbonyl (C=O) groups is 1. The second kappa shape index (κ2) is 9.94. The first-order valence-corrected chi connectivity index (χ1v) is 12.4. The molecule has 1 aliphatic carbocycles. The maximum Gasteiger partial charge on any atom is 0.485 e. The minimum Gasteiger partial charge on any atom is -0.383 e. The third-order valence-corrected chi connectivity index (χ3v) is 7.42. The normalized spacial score (nSPS) is 22.3. The van der Waals surface area contributed by atoms with Crippen molar-refractivity contribution in [3.05, 3.63) is 59.2 Å². The summed E-state index contributed by atoms with van der Waals surface area (Å²) in [6, 6.07) is 6.55. The highest BCUT2D eigenvalue weighted by molar-refractivity contribution is 7.83. The third kappa shape index (κ3) is 5.73. The molecule has 4 atom stereocenters. The molecule has 1 saturated heterocycles. The van der Waals surface area contributed by atoms with Crippen LogP contribution in [0.15, 0.2) is 36.4 Å². The van der Waals surface area contributed by atoms with E-state index in [2.05, 4.69) is 0 Å². The van der Waals surface area contributed by atoms with Gasteiger partial charge < -0.3 is 10.0 Å². The molecule has 5 nitrogen and oxygen atoms in total. The van der Waals surface area contributed by atoms with Gasteiger partial charge in [-0.25, -0.2) is 17.7 Å². The summed E-state index contributed by atoms with van der Waals surface area (Å²) >= 11 is 0. The average Bonchev–Trinajstić information content (AvgIpc) is 3.55. The first-order valence-electron chi connectivity index (χ1n) is 11.2. The van der Waals surface area contributed by atoms with E-state index in [1.807, 2.05) is 4.72 Å².